The van der Waals surface area contributed by atoms with E-state index in [4.69, 9.17) is 0 Å². The second kappa shape index (κ2) is 8.36. The van der Waals surface area contributed by atoms with Gasteiger partial charge >= 0.3 is 0 Å². The van der Waals surface area contributed by atoms with Gasteiger partial charge in [0, 0.05) is 11.8 Å². The fourth-order valence-electron chi connectivity index (χ4n) is 3.16. The van der Waals surface area contributed by atoms with E-state index in [-0.39, 0.29) is 29.1 Å². The van der Waals surface area contributed by atoms with Crippen LogP contribution in [0.2, 0.25) is 0 Å². The molecule has 0 bridgehead atoms. The highest BCUT2D eigenvalue weighted by molar-refractivity contribution is 7.90. The third-order valence-electron chi connectivity index (χ3n) is 4.66. The number of pyridine rings is 1. The lowest BCUT2D eigenvalue weighted by molar-refractivity contribution is -0.111. The normalized spacial score (nSPS) is 22.5. The molecule has 3 rings (SSSR count). The highest BCUT2D eigenvalue weighted by Gasteiger charge is 2.34. The van der Waals surface area contributed by atoms with Crippen LogP contribution in [0.4, 0.5) is 19.0 Å². The molecule has 9 heteroatoms. The number of alkyl halides is 2. The van der Waals surface area contributed by atoms with Crippen LogP contribution >= 0.6 is 0 Å². The lowest BCUT2D eigenvalue weighted by Gasteiger charge is -2.12. The molecule has 1 fully saturated rings. The van der Waals surface area contributed by atoms with Crippen molar-refractivity contribution in [1.29, 1.82) is 0 Å². The number of benzene rings is 1. The number of sulfone groups is 1. The van der Waals surface area contributed by atoms with Crippen LogP contribution in [0.5, 0.6) is 0 Å². The SMILES string of the molecule is CS(=O)(=O)c1ccc(/C(=C\[C@H]2C[C@@H](F)[C@@H](F)C2)C(=O)Nc2ccc(F)cn2)cc1. The Morgan fingerprint density at radius 1 is 1.10 bits per heavy atom. The molecule has 1 aliphatic carbocycles. The van der Waals surface area contributed by atoms with Gasteiger partial charge in [0.2, 0.25) is 0 Å². The predicted octanol–water partition coefficient (Wildman–Crippen LogP) is 3.73. The van der Waals surface area contributed by atoms with Crippen LogP contribution in [0.3, 0.4) is 0 Å². The van der Waals surface area contributed by atoms with Crippen LogP contribution in [0.15, 0.2) is 53.6 Å². The summed E-state index contributed by atoms with van der Waals surface area (Å²) in [4.78, 5) is 16.7. The average molecular weight is 424 g/mol. The molecule has 0 saturated heterocycles. The molecule has 0 aliphatic heterocycles. The van der Waals surface area contributed by atoms with Crippen LogP contribution in [0.1, 0.15) is 18.4 Å². The Labute approximate surface area is 166 Å². The van der Waals surface area contributed by atoms with Gasteiger partial charge in [-0.2, -0.15) is 0 Å². The fraction of sp³-hybridized carbons (Fsp3) is 0.300. The number of amides is 1. The molecule has 0 radical (unpaired) electrons. The van der Waals surface area contributed by atoms with E-state index in [1.165, 1.54) is 36.4 Å². The molecule has 1 aromatic heterocycles. The Balaban J connectivity index is 1.93. The van der Waals surface area contributed by atoms with E-state index < -0.39 is 39.8 Å². The molecule has 1 N–H and O–H groups in total. The van der Waals surface area contributed by atoms with Crippen molar-refractivity contribution >= 4 is 27.1 Å². The van der Waals surface area contributed by atoms with Crippen LogP contribution in [-0.4, -0.2) is 37.9 Å². The smallest absolute Gasteiger partial charge is 0.257 e. The number of aromatic nitrogens is 1. The van der Waals surface area contributed by atoms with Crippen molar-refractivity contribution in [2.45, 2.75) is 30.1 Å². The Kier molecular flexibility index (Phi) is 6.07. The Bertz CT molecular complexity index is 1010. The van der Waals surface area contributed by atoms with Gasteiger partial charge in [-0.05, 0) is 48.6 Å². The third kappa shape index (κ3) is 5.23. The third-order valence-corrected chi connectivity index (χ3v) is 5.79. The zero-order valence-electron chi connectivity index (χ0n) is 15.5. The minimum absolute atomic E-state index is 0.0475. The molecular weight excluding hydrogens is 405 g/mol. The lowest BCUT2D eigenvalue weighted by atomic mass is 9.98. The summed E-state index contributed by atoms with van der Waals surface area (Å²) in [5.41, 5.74) is 0.511. The topological polar surface area (TPSA) is 76.1 Å². The first kappa shape index (κ1) is 21.0. The second-order valence-electron chi connectivity index (χ2n) is 6.96. The van der Waals surface area contributed by atoms with Crippen molar-refractivity contribution in [1.82, 2.24) is 4.98 Å². The molecule has 5 nitrogen and oxygen atoms in total. The van der Waals surface area contributed by atoms with Gasteiger partial charge in [-0.3, -0.25) is 4.79 Å². The minimum Gasteiger partial charge on any atom is -0.307 e. The van der Waals surface area contributed by atoms with Gasteiger partial charge in [0.25, 0.3) is 5.91 Å². The number of hydrogen-bond acceptors (Lipinski definition) is 4. The predicted molar refractivity (Wildman–Crippen MR) is 103 cm³/mol. The van der Waals surface area contributed by atoms with E-state index in [1.807, 2.05) is 0 Å². The Hall–Kier alpha value is -2.68. The molecule has 1 saturated carbocycles. The van der Waals surface area contributed by atoms with Crippen LogP contribution < -0.4 is 5.32 Å². The average Bonchev–Trinajstić information content (AvgIpc) is 2.98. The molecule has 3 atom stereocenters. The number of nitrogens with zero attached hydrogens (tertiary/aromatic N) is 1. The number of rotatable bonds is 5. The molecule has 29 heavy (non-hydrogen) atoms. The number of hydrogen-bond donors (Lipinski definition) is 1. The van der Waals surface area contributed by atoms with Gasteiger partial charge in [0.1, 0.15) is 24.0 Å². The number of halogens is 3. The van der Waals surface area contributed by atoms with Crippen molar-refractivity contribution in [2.75, 3.05) is 11.6 Å². The second-order valence-corrected chi connectivity index (χ2v) is 8.97. The monoisotopic (exact) mass is 424 g/mol. The Morgan fingerprint density at radius 3 is 2.24 bits per heavy atom. The highest BCUT2D eigenvalue weighted by Crippen LogP contribution is 2.34. The lowest BCUT2D eigenvalue weighted by Crippen LogP contribution is -2.15. The summed E-state index contributed by atoms with van der Waals surface area (Å²) in [7, 11) is -3.42. The van der Waals surface area contributed by atoms with Crippen molar-refractivity contribution in [2.24, 2.45) is 5.92 Å². The van der Waals surface area contributed by atoms with Crippen LogP contribution in [0, 0.1) is 11.7 Å². The molecule has 0 unspecified atom stereocenters. The first-order chi connectivity index (χ1) is 13.6. The fourth-order valence-corrected chi connectivity index (χ4v) is 3.79. The molecule has 154 valence electrons. The van der Waals surface area contributed by atoms with Gasteiger partial charge in [-0.1, -0.05) is 18.2 Å². The van der Waals surface area contributed by atoms with Gasteiger partial charge in [0.15, 0.2) is 9.84 Å². The van der Waals surface area contributed by atoms with Crippen LogP contribution in [0.25, 0.3) is 5.57 Å². The number of carbonyl (C=O) groups excluding carboxylic acids is 1. The summed E-state index contributed by atoms with van der Waals surface area (Å²) in [5.74, 6) is -1.55. The number of nitrogens with one attached hydrogen (secondary N) is 1. The Morgan fingerprint density at radius 2 is 1.72 bits per heavy atom. The van der Waals surface area contributed by atoms with E-state index in [0.29, 0.717) is 5.56 Å². The molecule has 2 aromatic rings. The summed E-state index contributed by atoms with van der Waals surface area (Å²) < 4.78 is 63.5. The zero-order valence-corrected chi connectivity index (χ0v) is 16.3. The largest absolute Gasteiger partial charge is 0.307 e. The zero-order chi connectivity index (χ0) is 21.2. The van der Waals surface area contributed by atoms with E-state index in [0.717, 1.165) is 18.5 Å². The molecule has 1 aliphatic rings. The van der Waals surface area contributed by atoms with Crippen LogP contribution in [-0.2, 0) is 14.6 Å². The van der Waals surface area contributed by atoms with E-state index in [2.05, 4.69) is 10.3 Å². The minimum atomic E-state index is -3.42. The standard InChI is InChI=1S/C20H19F3N2O3S/c1-29(27,28)15-5-2-13(3-6-15)16(8-12-9-17(22)18(23)10-12)20(26)25-19-7-4-14(21)11-24-19/h2-8,11-12,17-18H,9-10H2,1H3,(H,24,25,26)/b16-8+/t12-,17+,18-. The van der Waals surface area contributed by atoms with Crippen molar-refractivity contribution in [3.63, 3.8) is 0 Å². The number of allylic oxidation sites excluding steroid dienone is 1. The summed E-state index contributed by atoms with van der Waals surface area (Å²) in [6.45, 7) is 0. The van der Waals surface area contributed by atoms with Gasteiger partial charge in [0.05, 0.1) is 11.1 Å². The molecule has 1 heterocycles. The van der Waals surface area contributed by atoms with E-state index in [9.17, 15) is 26.4 Å². The summed E-state index contributed by atoms with van der Waals surface area (Å²) in [5, 5.41) is 2.52. The number of carbonyl (C=O) groups is 1. The van der Waals surface area contributed by atoms with Gasteiger partial charge < -0.3 is 5.32 Å². The van der Waals surface area contributed by atoms with Crippen molar-refractivity contribution < 1.29 is 26.4 Å². The number of anilines is 1. The maximum atomic E-state index is 13.6. The molecule has 1 amide bonds. The van der Waals surface area contributed by atoms with Gasteiger partial charge in [-0.15, -0.1) is 0 Å². The molecular formula is C20H19F3N2O3S. The summed E-state index contributed by atoms with van der Waals surface area (Å²) in [6, 6.07) is 8.02. The van der Waals surface area contributed by atoms with Gasteiger partial charge in [-0.25, -0.2) is 26.6 Å². The first-order valence-electron chi connectivity index (χ1n) is 8.87. The maximum Gasteiger partial charge on any atom is 0.257 e. The maximum absolute atomic E-state index is 13.6. The highest BCUT2D eigenvalue weighted by atomic mass is 32.2. The summed E-state index contributed by atoms with van der Waals surface area (Å²) in [6.07, 6.45) is 0.215. The quantitative estimate of drug-likeness (QED) is 0.742. The van der Waals surface area contributed by atoms with E-state index in [1.54, 1.807) is 0 Å². The summed E-state index contributed by atoms with van der Waals surface area (Å²) >= 11 is 0. The van der Waals surface area contributed by atoms with Crippen molar-refractivity contribution in [3.8, 4) is 0 Å². The molecule has 0 spiro atoms. The van der Waals surface area contributed by atoms with E-state index >= 15 is 0 Å². The van der Waals surface area contributed by atoms with Crippen molar-refractivity contribution in [3.05, 3.63) is 60.1 Å². The molecule has 1 aromatic carbocycles. The first-order valence-corrected chi connectivity index (χ1v) is 10.8.